The van der Waals surface area contributed by atoms with E-state index in [1.807, 2.05) is 13.1 Å². The zero-order chi connectivity index (χ0) is 10.7. The van der Waals surface area contributed by atoms with Gasteiger partial charge in [0.2, 0.25) is 5.89 Å². The normalized spacial score (nSPS) is 10.5. The maximum absolute atomic E-state index is 9.30. The fraction of sp³-hybridized carbons (Fsp3) is 0.182. The van der Waals surface area contributed by atoms with Gasteiger partial charge in [-0.15, -0.1) is 0 Å². The fourth-order valence-corrected chi connectivity index (χ4v) is 1.34. The van der Waals surface area contributed by atoms with E-state index in [2.05, 4.69) is 10.3 Å². The molecule has 0 saturated heterocycles. The van der Waals surface area contributed by atoms with E-state index in [0.717, 1.165) is 11.3 Å². The van der Waals surface area contributed by atoms with Crippen molar-refractivity contribution < 1.29 is 9.52 Å². The van der Waals surface area contributed by atoms with E-state index in [-0.39, 0.29) is 5.75 Å². The summed E-state index contributed by atoms with van der Waals surface area (Å²) in [4.78, 5) is 4.27. The summed E-state index contributed by atoms with van der Waals surface area (Å²) in [5.41, 5.74) is 1.62. The molecule has 0 aliphatic heterocycles. The van der Waals surface area contributed by atoms with Gasteiger partial charge in [-0.1, -0.05) is 6.07 Å². The predicted molar refractivity (Wildman–Crippen MR) is 56.4 cm³/mol. The van der Waals surface area contributed by atoms with Gasteiger partial charge in [0.1, 0.15) is 12.0 Å². The molecule has 0 radical (unpaired) electrons. The summed E-state index contributed by atoms with van der Waals surface area (Å²) >= 11 is 0. The van der Waals surface area contributed by atoms with Gasteiger partial charge in [0, 0.05) is 12.1 Å². The number of aromatic hydroxyl groups is 1. The van der Waals surface area contributed by atoms with E-state index in [4.69, 9.17) is 4.42 Å². The second-order valence-corrected chi connectivity index (χ2v) is 3.22. The minimum absolute atomic E-state index is 0.209. The van der Waals surface area contributed by atoms with Gasteiger partial charge >= 0.3 is 0 Å². The standard InChI is InChI=1S/C11H12N2O2/c1-12-6-9-7-15-11(13-9)8-3-2-4-10(14)5-8/h2-5,7,12,14H,6H2,1H3. The first-order valence-corrected chi connectivity index (χ1v) is 4.68. The second-order valence-electron chi connectivity index (χ2n) is 3.22. The van der Waals surface area contributed by atoms with Crippen molar-refractivity contribution in [3.8, 4) is 17.2 Å². The Bertz CT molecular complexity index is 451. The third-order valence-corrected chi connectivity index (χ3v) is 2.00. The summed E-state index contributed by atoms with van der Waals surface area (Å²) in [5, 5.41) is 12.3. The molecule has 0 unspecified atom stereocenters. The highest BCUT2D eigenvalue weighted by Crippen LogP contribution is 2.22. The number of phenolic OH excluding ortho intramolecular Hbond substituents is 1. The zero-order valence-electron chi connectivity index (χ0n) is 8.40. The molecule has 0 saturated carbocycles. The van der Waals surface area contributed by atoms with Crippen molar-refractivity contribution in [3.05, 3.63) is 36.2 Å². The van der Waals surface area contributed by atoms with E-state index in [9.17, 15) is 5.11 Å². The number of nitrogens with one attached hydrogen (secondary N) is 1. The number of rotatable bonds is 3. The summed E-state index contributed by atoms with van der Waals surface area (Å²) in [6.45, 7) is 0.669. The molecule has 15 heavy (non-hydrogen) atoms. The van der Waals surface area contributed by atoms with E-state index in [1.54, 1.807) is 24.5 Å². The lowest BCUT2D eigenvalue weighted by molar-refractivity contribution is 0.475. The molecule has 2 rings (SSSR count). The van der Waals surface area contributed by atoms with Crippen molar-refractivity contribution in [2.24, 2.45) is 0 Å². The molecule has 2 N–H and O–H groups in total. The van der Waals surface area contributed by atoms with Gasteiger partial charge < -0.3 is 14.8 Å². The minimum Gasteiger partial charge on any atom is -0.508 e. The Hall–Kier alpha value is -1.81. The molecule has 0 aliphatic rings. The van der Waals surface area contributed by atoms with Crippen LogP contribution in [0.1, 0.15) is 5.69 Å². The maximum Gasteiger partial charge on any atom is 0.226 e. The Balaban J connectivity index is 2.29. The van der Waals surface area contributed by atoms with Crippen molar-refractivity contribution in [3.63, 3.8) is 0 Å². The minimum atomic E-state index is 0.209. The van der Waals surface area contributed by atoms with Crippen LogP contribution in [0.4, 0.5) is 0 Å². The van der Waals surface area contributed by atoms with Gasteiger partial charge in [0.25, 0.3) is 0 Å². The molecule has 1 aromatic heterocycles. The first-order valence-electron chi connectivity index (χ1n) is 4.68. The van der Waals surface area contributed by atoms with E-state index in [0.29, 0.717) is 12.4 Å². The van der Waals surface area contributed by atoms with Gasteiger partial charge in [0.05, 0.1) is 5.69 Å². The highest BCUT2D eigenvalue weighted by molar-refractivity contribution is 5.55. The first-order chi connectivity index (χ1) is 7.29. The molecule has 0 amide bonds. The lowest BCUT2D eigenvalue weighted by atomic mass is 10.2. The van der Waals surface area contributed by atoms with Crippen LogP contribution in [0.3, 0.4) is 0 Å². The quantitative estimate of drug-likeness (QED) is 0.799. The Morgan fingerprint density at radius 1 is 1.47 bits per heavy atom. The Kier molecular flexibility index (Phi) is 2.69. The fourth-order valence-electron chi connectivity index (χ4n) is 1.34. The average molecular weight is 204 g/mol. The third kappa shape index (κ3) is 2.16. The zero-order valence-corrected chi connectivity index (χ0v) is 8.40. The molecule has 2 aromatic rings. The largest absolute Gasteiger partial charge is 0.508 e. The predicted octanol–water partition coefficient (Wildman–Crippen LogP) is 1.77. The van der Waals surface area contributed by atoms with Crippen LogP contribution >= 0.6 is 0 Å². The molecular weight excluding hydrogens is 192 g/mol. The van der Waals surface area contributed by atoms with Crippen molar-refractivity contribution in [2.45, 2.75) is 6.54 Å². The molecule has 0 atom stereocenters. The van der Waals surface area contributed by atoms with Crippen LogP contribution in [-0.2, 0) is 6.54 Å². The molecule has 1 aromatic carbocycles. The monoisotopic (exact) mass is 204 g/mol. The van der Waals surface area contributed by atoms with Crippen LogP contribution in [0.2, 0.25) is 0 Å². The van der Waals surface area contributed by atoms with Gasteiger partial charge in [0.15, 0.2) is 0 Å². The summed E-state index contributed by atoms with van der Waals surface area (Å²) in [6, 6.07) is 6.83. The Morgan fingerprint density at radius 2 is 2.33 bits per heavy atom. The van der Waals surface area contributed by atoms with Crippen molar-refractivity contribution in [1.29, 1.82) is 0 Å². The number of benzene rings is 1. The lowest BCUT2D eigenvalue weighted by Crippen LogP contribution is -2.04. The van der Waals surface area contributed by atoms with Crippen LogP contribution < -0.4 is 5.32 Å². The van der Waals surface area contributed by atoms with Gasteiger partial charge in [-0.05, 0) is 25.2 Å². The van der Waals surface area contributed by atoms with Gasteiger partial charge in [-0.3, -0.25) is 0 Å². The van der Waals surface area contributed by atoms with Crippen molar-refractivity contribution >= 4 is 0 Å². The van der Waals surface area contributed by atoms with Crippen LogP contribution in [0.5, 0.6) is 5.75 Å². The summed E-state index contributed by atoms with van der Waals surface area (Å²) in [5.74, 6) is 0.733. The number of aromatic nitrogens is 1. The molecule has 78 valence electrons. The van der Waals surface area contributed by atoms with E-state index in [1.165, 1.54) is 0 Å². The Labute approximate surface area is 87.6 Å². The van der Waals surface area contributed by atoms with E-state index >= 15 is 0 Å². The van der Waals surface area contributed by atoms with Gasteiger partial charge in [-0.2, -0.15) is 0 Å². The number of phenols is 1. The maximum atomic E-state index is 9.30. The van der Waals surface area contributed by atoms with Gasteiger partial charge in [-0.25, -0.2) is 4.98 Å². The highest BCUT2D eigenvalue weighted by Gasteiger charge is 2.06. The molecule has 0 fully saturated rings. The van der Waals surface area contributed by atoms with Crippen LogP contribution in [-0.4, -0.2) is 17.1 Å². The Morgan fingerprint density at radius 3 is 3.07 bits per heavy atom. The van der Waals surface area contributed by atoms with Crippen LogP contribution in [0.15, 0.2) is 34.9 Å². The molecule has 1 heterocycles. The van der Waals surface area contributed by atoms with Crippen LogP contribution in [0, 0.1) is 0 Å². The number of hydrogen-bond donors (Lipinski definition) is 2. The topological polar surface area (TPSA) is 58.3 Å². The summed E-state index contributed by atoms with van der Waals surface area (Å²) in [7, 11) is 1.85. The van der Waals surface area contributed by atoms with Crippen LogP contribution in [0.25, 0.3) is 11.5 Å². The van der Waals surface area contributed by atoms with Crippen molar-refractivity contribution in [2.75, 3.05) is 7.05 Å². The lowest BCUT2D eigenvalue weighted by Gasteiger charge is -1.95. The third-order valence-electron chi connectivity index (χ3n) is 2.00. The summed E-state index contributed by atoms with van der Waals surface area (Å²) < 4.78 is 5.30. The average Bonchev–Trinajstić information content (AvgIpc) is 2.67. The number of oxazole rings is 1. The molecule has 0 aliphatic carbocycles. The smallest absolute Gasteiger partial charge is 0.226 e. The number of hydrogen-bond acceptors (Lipinski definition) is 4. The number of nitrogens with zero attached hydrogens (tertiary/aromatic N) is 1. The highest BCUT2D eigenvalue weighted by atomic mass is 16.3. The first kappa shape index (κ1) is 9.73. The molecule has 4 nitrogen and oxygen atoms in total. The molecule has 0 spiro atoms. The van der Waals surface area contributed by atoms with E-state index < -0.39 is 0 Å². The SMILES string of the molecule is CNCc1coc(-c2cccc(O)c2)n1. The molecular formula is C11H12N2O2. The second kappa shape index (κ2) is 4.14. The molecule has 4 heteroatoms. The summed E-state index contributed by atoms with van der Waals surface area (Å²) in [6.07, 6.45) is 1.61. The van der Waals surface area contributed by atoms with Crippen molar-refractivity contribution in [1.82, 2.24) is 10.3 Å². The molecule has 0 bridgehead atoms.